The summed E-state index contributed by atoms with van der Waals surface area (Å²) in [6.07, 6.45) is -1.36. The summed E-state index contributed by atoms with van der Waals surface area (Å²) in [4.78, 5) is 4.38. The van der Waals surface area contributed by atoms with Gasteiger partial charge in [-0.1, -0.05) is 18.2 Å². The number of H-pyrrole nitrogens is 1. The van der Waals surface area contributed by atoms with E-state index in [2.05, 4.69) is 20.5 Å². The van der Waals surface area contributed by atoms with Crippen LogP contribution < -0.4 is 5.32 Å². The van der Waals surface area contributed by atoms with Crippen molar-refractivity contribution in [2.24, 2.45) is 0 Å². The highest BCUT2D eigenvalue weighted by Gasteiger charge is 2.35. The number of nitrogens with zero attached hydrogens (tertiary/aromatic N) is 2. The van der Waals surface area contributed by atoms with E-state index in [0.29, 0.717) is 11.4 Å². The van der Waals surface area contributed by atoms with Crippen molar-refractivity contribution in [2.75, 3.05) is 5.32 Å². The van der Waals surface area contributed by atoms with Crippen LogP contribution in [0.3, 0.4) is 0 Å². The average molecular weight is 346 g/mol. The van der Waals surface area contributed by atoms with Crippen LogP contribution in [0.25, 0.3) is 0 Å². The van der Waals surface area contributed by atoms with Gasteiger partial charge in [0.05, 0.1) is 17.8 Å². The second kappa shape index (κ2) is 6.58. The molecule has 0 fully saturated rings. The molecular formula is C18H17F3N4. The van der Waals surface area contributed by atoms with Crippen molar-refractivity contribution in [1.82, 2.24) is 15.2 Å². The van der Waals surface area contributed by atoms with Crippen molar-refractivity contribution >= 4 is 5.82 Å². The Labute approximate surface area is 143 Å². The Balaban J connectivity index is 2.09. The van der Waals surface area contributed by atoms with E-state index in [0.717, 1.165) is 17.3 Å². The SMILES string of the molecule is Cc1cc(C)nc(NC(c2cn[nH]c2)c2ccccc2C(F)(F)F)c1. The summed E-state index contributed by atoms with van der Waals surface area (Å²) in [5.41, 5.74) is 1.80. The zero-order valence-electron chi connectivity index (χ0n) is 13.7. The minimum absolute atomic E-state index is 0.123. The van der Waals surface area contributed by atoms with E-state index in [1.54, 1.807) is 18.3 Å². The minimum Gasteiger partial charge on any atom is -0.359 e. The lowest BCUT2D eigenvalue weighted by molar-refractivity contribution is -0.138. The van der Waals surface area contributed by atoms with E-state index in [9.17, 15) is 13.2 Å². The molecule has 0 bridgehead atoms. The summed E-state index contributed by atoms with van der Waals surface area (Å²) >= 11 is 0. The number of nitrogens with one attached hydrogen (secondary N) is 2. The molecule has 0 saturated carbocycles. The van der Waals surface area contributed by atoms with Crippen molar-refractivity contribution in [3.63, 3.8) is 0 Å². The van der Waals surface area contributed by atoms with Crippen LogP contribution in [0.15, 0.2) is 48.8 Å². The Morgan fingerprint density at radius 2 is 1.88 bits per heavy atom. The molecule has 2 aromatic heterocycles. The van der Waals surface area contributed by atoms with Crippen LogP contribution in [0.1, 0.15) is 34.0 Å². The molecule has 0 aliphatic rings. The highest BCUT2D eigenvalue weighted by molar-refractivity contribution is 5.48. The van der Waals surface area contributed by atoms with Crippen LogP contribution >= 0.6 is 0 Å². The molecule has 0 aliphatic heterocycles. The van der Waals surface area contributed by atoms with Crippen molar-refractivity contribution in [3.8, 4) is 0 Å². The van der Waals surface area contributed by atoms with Crippen LogP contribution in [0.4, 0.5) is 19.0 Å². The monoisotopic (exact) mass is 346 g/mol. The van der Waals surface area contributed by atoms with E-state index in [1.165, 1.54) is 18.3 Å². The standard InChI is InChI=1S/C18H17F3N4/c1-11-7-12(2)24-16(8-11)25-17(13-9-22-23-10-13)14-5-3-4-6-15(14)18(19,20)21/h3-10,17H,1-2H3,(H,22,23)(H,24,25). The zero-order valence-corrected chi connectivity index (χ0v) is 13.7. The van der Waals surface area contributed by atoms with Gasteiger partial charge in [-0.05, 0) is 43.2 Å². The van der Waals surface area contributed by atoms with Crippen molar-refractivity contribution in [2.45, 2.75) is 26.1 Å². The van der Waals surface area contributed by atoms with Gasteiger partial charge in [-0.25, -0.2) is 4.98 Å². The lowest BCUT2D eigenvalue weighted by atomic mass is 9.96. The summed E-state index contributed by atoms with van der Waals surface area (Å²) in [6.45, 7) is 3.76. The number of alkyl halides is 3. The van der Waals surface area contributed by atoms with E-state index in [4.69, 9.17) is 0 Å². The van der Waals surface area contributed by atoms with Crippen LogP contribution in [0.5, 0.6) is 0 Å². The number of halogens is 3. The van der Waals surface area contributed by atoms with Gasteiger partial charge >= 0.3 is 6.18 Å². The van der Waals surface area contributed by atoms with Gasteiger partial charge in [-0.2, -0.15) is 18.3 Å². The maximum atomic E-state index is 13.5. The Morgan fingerprint density at radius 3 is 2.52 bits per heavy atom. The van der Waals surface area contributed by atoms with E-state index < -0.39 is 17.8 Å². The number of rotatable bonds is 4. The highest BCUT2D eigenvalue weighted by Crippen LogP contribution is 2.37. The van der Waals surface area contributed by atoms with Crippen LogP contribution in [0.2, 0.25) is 0 Å². The van der Waals surface area contributed by atoms with Gasteiger partial charge in [-0.3, -0.25) is 5.10 Å². The third-order valence-electron chi connectivity index (χ3n) is 3.82. The zero-order chi connectivity index (χ0) is 18.0. The molecule has 0 aliphatic carbocycles. The van der Waals surface area contributed by atoms with E-state index in [-0.39, 0.29) is 5.56 Å². The van der Waals surface area contributed by atoms with Crippen LogP contribution in [0, 0.1) is 13.8 Å². The third-order valence-corrected chi connectivity index (χ3v) is 3.82. The molecule has 7 heteroatoms. The first-order valence-electron chi connectivity index (χ1n) is 7.71. The van der Waals surface area contributed by atoms with Gasteiger partial charge in [0.2, 0.25) is 0 Å². The van der Waals surface area contributed by atoms with Gasteiger partial charge < -0.3 is 5.32 Å². The number of anilines is 1. The Bertz CT molecular complexity index is 837. The number of aryl methyl sites for hydroxylation is 2. The van der Waals surface area contributed by atoms with Gasteiger partial charge in [0.1, 0.15) is 5.82 Å². The Hall–Kier alpha value is -2.83. The molecule has 130 valence electrons. The minimum atomic E-state index is -4.45. The molecule has 25 heavy (non-hydrogen) atoms. The summed E-state index contributed by atoms with van der Waals surface area (Å²) in [5.74, 6) is 0.515. The number of benzene rings is 1. The van der Waals surface area contributed by atoms with Gasteiger partial charge in [0.15, 0.2) is 0 Å². The Morgan fingerprint density at radius 1 is 1.12 bits per heavy atom. The second-order valence-electron chi connectivity index (χ2n) is 5.87. The number of hydrogen-bond acceptors (Lipinski definition) is 3. The van der Waals surface area contributed by atoms with Crippen molar-refractivity contribution in [1.29, 1.82) is 0 Å². The summed E-state index contributed by atoms with van der Waals surface area (Å²) in [5, 5.41) is 9.65. The number of aromatic nitrogens is 3. The van der Waals surface area contributed by atoms with E-state index in [1.807, 2.05) is 19.9 Å². The molecule has 0 amide bonds. The molecule has 0 spiro atoms. The molecular weight excluding hydrogens is 329 g/mol. The smallest absolute Gasteiger partial charge is 0.359 e. The first-order valence-corrected chi connectivity index (χ1v) is 7.71. The normalized spacial score (nSPS) is 12.8. The van der Waals surface area contributed by atoms with Crippen molar-refractivity contribution in [3.05, 3.63) is 76.7 Å². The van der Waals surface area contributed by atoms with Crippen LogP contribution in [-0.4, -0.2) is 15.2 Å². The highest BCUT2D eigenvalue weighted by atomic mass is 19.4. The maximum Gasteiger partial charge on any atom is 0.416 e. The first kappa shape index (κ1) is 17.0. The number of hydrogen-bond donors (Lipinski definition) is 2. The molecule has 2 N–H and O–H groups in total. The summed E-state index contributed by atoms with van der Waals surface area (Å²) in [6, 6.07) is 8.50. The molecule has 0 radical (unpaired) electrons. The van der Waals surface area contributed by atoms with Gasteiger partial charge in [-0.15, -0.1) is 0 Å². The fourth-order valence-electron chi connectivity index (χ4n) is 2.83. The maximum absolute atomic E-state index is 13.5. The largest absolute Gasteiger partial charge is 0.416 e. The lowest BCUT2D eigenvalue weighted by Crippen LogP contribution is -2.18. The summed E-state index contributed by atoms with van der Waals surface area (Å²) in [7, 11) is 0. The molecule has 1 atom stereocenters. The van der Waals surface area contributed by atoms with Crippen molar-refractivity contribution < 1.29 is 13.2 Å². The van der Waals surface area contributed by atoms with Gasteiger partial charge in [0, 0.05) is 17.5 Å². The van der Waals surface area contributed by atoms with Crippen LogP contribution in [-0.2, 0) is 6.18 Å². The molecule has 0 saturated heterocycles. The fraction of sp³-hybridized carbons (Fsp3) is 0.222. The summed E-state index contributed by atoms with van der Waals surface area (Å²) < 4.78 is 40.4. The molecule has 3 aromatic rings. The van der Waals surface area contributed by atoms with E-state index >= 15 is 0 Å². The molecule has 2 heterocycles. The molecule has 4 nitrogen and oxygen atoms in total. The lowest BCUT2D eigenvalue weighted by Gasteiger charge is -2.23. The predicted octanol–water partition coefficient (Wildman–Crippen LogP) is 4.64. The molecule has 1 aromatic carbocycles. The van der Waals surface area contributed by atoms with Gasteiger partial charge in [0.25, 0.3) is 0 Å². The fourth-order valence-corrected chi connectivity index (χ4v) is 2.83. The molecule has 1 unspecified atom stereocenters. The average Bonchev–Trinajstić information content (AvgIpc) is 3.05. The quantitative estimate of drug-likeness (QED) is 0.723. The first-order chi connectivity index (χ1) is 11.8. The molecule has 3 rings (SSSR count). The number of aromatic amines is 1. The second-order valence-corrected chi connectivity index (χ2v) is 5.87. The third kappa shape index (κ3) is 3.81. The predicted molar refractivity (Wildman–Crippen MR) is 89.2 cm³/mol. The topological polar surface area (TPSA) is 53.6 Å². The number of pyridine rings is 1. The Kier molecular flexibility index (Phi) is 4.48.